The third kappa shape index (κ3) is 6.64. The molecule has 0 spiro atoms. The van der Waals surface area contributed by atoms with Crippen LogP contribution in [0.1, 0.15) is 0 Å². The molecule has 1 aromatic heterocycles. The minimum atomic E-state index is -0.975. The van der Waals surface area contributed by atoms with Gasteiger partial charge in [-0.3, -0.25) is 4.57 Å². The molecule has 271 valence electrons. The van der Waals surface area contributed by atoms with Crippen LogP contribution in [-0.2, 0) is 0 Å². The Bertz CT molecular complexity index is 2730. The molecule has 2 heterocycles. The Labute approximate surface area is 337 Å². The lowest BCUT2D eigenvalue weighted by Gasteiger charge is -2.33. The van der Waals surface area contributed by atoms with E-state index in [0.717, 1.165) is 79.5 Å². The van der Waals surface area contributed by atoms with Crippen molar-refractivity contribution < 1.29 is 12.3 Å². The predicted molar refractivity (Wildman–Crippen MR) is 229 cm³/mol. The molecule has 9 aromatic rings. The Morgan fingerprint density at radius 1 is 0.491 bits per heavy atom. The van der Waals surface area contributed by atoms with Gasteiger partial charge >= 0.3 is 15.9 Å². The van der Waals surface area contributed by atoms with Crippen LogP contribution in [0.3, 0.4) is 0 Å². The van der Waals surface area contributed by atoms with E-state index in [0.29, 0.717) is 5.75 Å². The van der Waals surface area contributed by atoms with Gasteiger partial charge in [0, 0.05) is 28.8 Å². The monoisotopic (exact) mass is 753 g/mol. The van der Waals surface area contributed by atoms with E-state index in [-0.39, 0.29) is 0 Å². The number of anilines is 6. The molecule has 10 rings (SSSR count). The molecule has 0 bridgehead atoms. The topological polar surface area (TPSA) is 52.0 Å². The molecule has 0 unspecified atom stereocenters. The van der Waals surface area contributed by atoms with E-state index in [1.807, 2.05) is 97.1 Å². The van der Waals surface area contributed by atoms with Crippen molar-refractivity contribution in [2.75, 3.05) is 9.80 Å². The van der Waals surface area contributed by atoms with Crippen molar-refractivity contribution in [1.82, 2.24) is 9.55 Å². The number of ether oxygens (including phenoxy) is 1. The summed E-state index contributed by atoms with van der Waals surface area (Å²) >= 11 is -0.975. The molecule has 1 radical (unpaired) electrons. The van der Waals surface area contributed by atoms with Gasteiger partial charge < -0.3 is 22.1 Å². The number of imidazole rings is 1. The van der Waals surface area contributed by atoms with Crippen LogP contribution in [-0.4, -0.2) is 25.4 Å². The molecule has 0 saturated carbocycles. The zero-order valence-electron chi connectivity index (χ0n) is 30.7. The molecular weight excluding hydrogens is 720 g/mol. The van der Waals surface area contributed by atoms with Crippen molar-refractivity contribution >= 4 is 61.0 Å². The van der Waals surface area contributed by atoms with Gasteiger partial charge in [0.25, 0.3) is 0 Å². The number of para-hydroxylation sites is 9. The number of nitrogens with zero attached hydrogens (tertiary/aromatic N) is 4. The van der Waals surface area contributed by atoms with Gasteiger partial charge in [-0.25, -0.2) is 4.98 Å². The number of fused-ring (bicyclic) bond motifs is 3. The van der Waals surface area contributed by atoms with Crippen molar-refractivity contribution in [2.45, 2.75) is 0 Å². The van der Waals surface area contributed by atoms with E-state index in [1.54, 1.807) is 0 Å². The molecular formula is C49H34AlN4O3. The highest BCUT2D eigenvalue weighted by Crippen LogP contribution is 2.51. The molecule has 0 fully saturated rings. The van der Waals surface area contributed by atoms with Crippen LogP contribution in [0.25, 0.3) is 28.1 Å². The molecule has 0 aliphatic carbocycles. The van der Waals surface area contributed by atoms with Gasteiger partial charge in [0.15, 0.2) is 11.5 Å². The van der Waals surface area contributed by atoms with Crippen LogP contribution in [0.5, 0.6) is 23.0 Å². The molecule has 7 nitrogen and oxygen atoms in total. The van der Waals surface area contributed by atoms with Crippen molar-refractivity contribution in [3.05, 3.63) is 206 Å². The zero-order valence-corrected chi connectivity index (χ0v) is 31.9. The number of hydrogen-bond donors (Lipinski definition) is 0. The number of benzene rings is 8. The first-order valence-electron chi connectivity index (χ1n) is 18.8. The Morgan fingerprint density at radius 2 is 1.05 bits per heavy atom. The quantitative estimate of drug-likeness (QED) is 0.130. The first kappa shape index (κ1) is 34.3. The Balaban J connectivity index is 1.02. The average Bonchev–Trinajstić information content (AvgIpc) is 3.67. The van der Waals surface area contributed by atoms with Gasteiger partial charge in [-0.15, -0.1) is 0 Å². The van der Waals surface area contributed by atoms with E-state index in [1.165, 1.54) is 0 Å². The van der Waals surface area contributed by atoms with E-state index in [4.69, 9.17) is 17.3 Å². The summed E-state index contributed by atoms with van der Waals surface area (Å²) in [6, 6.07) is 69.9. The van der Waals surface area contributed by atoms with Crippen LogP contribution in [0, 0.1) is 0 Å². The van der Waals surface area contributed by atoms with E-state index < -0.39 is 15.9 Å². The second-order valence-corrected chi connectivity index (χ2v) is 14.1. The second-order valence-electron chi connectivity index (χ2n) is 13.5. The van der Waals surface area contributed by atoms with Crippen molar-refractivity contribution in [1.29, 1.82) is 0 Å². The van der Waals surface area contributed by atoms with Crippen LogP contribution >= 0.6 is 0 Å². The minimum Gasteiger partial charge on any atom is -0.616 e. The zero-order chi connectivity index (χ0) is 38.0. The van der Waals surface area contributed by atoms with E-state index >= 15 is 0 Å². The molecule has 57 heavy (non-hydrogen) atoms. The lowest BCUT2D eigenvalue weighted by atomic mass is 10.1. The van der Waals surface area contributed by atoms with E-state index in [9.17, 15) is 0 Å². The molecule has 8 heteroatoms. The number of aromatic nitrogens is 2. The molecule has 1 aliphatic rings. The molecule has 0 saturated heterocycles. The van der Waals surface area contributed by atoms with Crippen LogP contribution < -0.4 is 22.1 Å². The highest BCUT2D eigenvalue weighted by molar-refractivity contribution is 6.21. The van der Waals surface area contributed by atoms with Crippen LogP contribution in [0.4, 0.5) is 34.1 Å². The predicted octanol–water partition coefficient (Wildman–Crippen LogP) is 12.7. The fraction of sp³-hybridized carbons (Fsp3) is 0. The Kier molecular flexibility index (Phi) is 9.09. The third-order valence-electron chi connectivity index (χ3n) is 9.95. The number of rotatable bonds is 10. The average molecular weight is 754 g/mol. The summed E-state index contributed by atoms with van der Waals surface area (Å²) in [5.41, 5.74) is 9.74. The fourth-order valence-electron chi connectivity index (χ4n) is 7.37. The summed E-state index contributed by atoms with van der Waals surface area (Å²) in [7, 11) is 0. The van der Waals surface area contributed by atoms with Crippen LogP contribution in [0.2, 0.25) is 0 Å². The second kappa shape index (κ2) is 15.1. The third-order valence-corrected chi connectivity index (χ3v) is 10.7. The Morgan fingerprint density at radius 3 is 1.72 bits per heavy atom. The van der Waals surface area contributed by atoms with Gasteiger partial charge in [-0.05, 0) is 109 Å². The minimum absolute atomic E-state index is 0.660. The lowest BCUT2D eigenvalue weighted by Crippen LogP contribution is -2.17. The fourth-order valence-corrected chi connectivity index (χ4v) is 7.98. The van der Waals surface area contributed by atoms with Crippen molar-refractivity contribution in [3.63, 3.8) is 0 Å². The van der Waals surface area contributed by atoms with Gasteiger partial charge in [0.2, 0.25) is 0 Å². The first-order chi connectivity index (χ1) is 28.3. The summed E-state index contributed by atoms with van der Waals surface area (Å²) in [5, 5.41) is 0. The molecule has 0 amide bonds. The Hall–Kier alpha value is -7.24. The maximum absolute atomic E-state index is 6.75. The summed E-state index contributed by atoms with van der Waals surface area (Å²) in [6.45, 7) is 0. The summed E-state index contributed by atoms with van der Waals surface area (Å²) in [5.74, 6) is 3.72. The van der Waals surface area contributed by atoms with Gasteiger partial charge in [-0.1, -0.05) is 91.0 Å². The summed E-state index contributed by atoms with van der Waals surface area (Å²) in [4.78, 5) is 9.63. The lowest BCUT2D eigenvalue weighted by molar-refractivity contribution is 0.459. The summed E-state index contributed by atoms with van der Waals surface area (Å²) in [6.07, 6.45) is 0. The molecule has 0 N–H and O–H groups in total. The summed E-state index contributed by atoms with van der Waals surface area (Å²) < 4.78 is 21.7. The molecule has 8 aromatic carbocycles. The van der Waals surface area contributed by atoms with Gasteiger partial charge in [0.1, 0.15) is 5.82 Å². The highest BCUT2D eigenvalue weighted by Gasteiger charge is 2.27. The normalized spacial score (nSPS) is 11.6. The van der Waals surface area contributed by atoms with Crippen LogP contribution in [0.15, 0.2) is 206 Å². The first-order valence-corrected chi connectivity index (χ1v) is 19.7. The molecule has 0 atom stereocenters. The number of hydrogen-bond acceptors (Lipinski definition) is 6. The standard InChI is InChI=1S/C31H21N3O2.C18H15NO.Al/c35-28-20-22(33-26-14-6-8-16-29(26)36-30-17-9-7-15-27(30)33)18-19-23(28)31-32-24-12-4-5-13-25(24)34(31)21-10-2-1-3-11-21;20-18-13-11-17(12-14-18)19(15-7-3-1-4-8-15)16-9-5-2-6-10-16;/h1-20,35H;1-14,20H;/q;;+2/p-2. The highest BCUT2D eigenvalue weighted by atomic mass is 27.2. The van der Waals surface area contributed by atoms with E-state index in [2.05, 4.69) is 124 Å². The SMILES string of the molecule is c1ccc(N(c2ccccc2)c2ccc([O][Al][O]c3cc(N4c5ccccc5Oc5ccccc54)ccc3-c3nc4ccccc4n3-c3ccccc3)cc2)cc1. The molecule has 1 aliphatic heterocycles. The smallest absolute Gasteiger partial charge is 0.616 e. The van der Waals surface area contributed by atoms with Gasteiger partial charge in [-0.2, -0.15) is 0 Å². The van der Waals surface area contributed by atoms with Gasteiger partial charge in [0.05, 0.1) is 45.2 Å². The maximum Gasteiger partial charge on any atom is 0.881 e. The maximum atomic E-state index is 6.75. The van der Waals surface area contributed by atoms with Crippen molar-refractivity contribution in [2.24, 2.45) is 0 Å². The van der Waals surface area contributed by atoms with Crippen molar-refractivity contribution in [3.8, 4) is 40.1 Å². The largest absolute Gasteiger partial charge is 0.881 e.